The van der Waals surface area contributed by atoms with Crippen LogP contribution in [-0.4, -0.2) is 5.91 Å². The summed E-state index contributed by atoms with van der Waals surface area (Å²) in [6.07, 6.45) is 2.07. The monoisotopic (exact) mass is 321 g/mol. The van der Waals surface area contributed by atoms with Crippen LogP contribution in [0.25, 0.3) is 0 Å². The lowest BCUT2D eigenvalue weighted by Gasteiger charge is -2.19. The van der Waals surface area contributed by atoms with Gasteiger partial charge in [0.2, 0.25) is 0 Å². The molecule has 1 atom stereocenters. The Kier molecular flexibility index (Phi) is 4.12. The van der Waals surface area contributed by atoms with Crippen LogP contribution in [0.2, 0.25) is 5.02 Å². The van der Waals surface area contributed by atoms with Gasteiger partial charge < -0.3 is 5.32 Å². The third kappa shape index (κ3) is 3.12. The lowest BCUT2D eigenvalue weighted by Crippen LogP contribution is -2.30. The van der Waals surface area contributed by atoms with Crippen molar-refractivity contribution in [2.45, 2.75) is 18.9 Å². The van der Waals surface area contributed by atoms with Gasteiger partial charge in [0.15, 0.2) is 11.6 Å². The van der Waals surface area contributed by atoms with E-state index in [9.17, 15) is 13.6 Å². The molecule has 0 spiro atoms. The first-order valence-electron chi connectivity index (χ1n) is 7.06. The van der Waals surface area contributed by atoms with Crippen LogP contribution in [-0.2, 0) is 0 Å². The number of benzene rings is 2. The van der Waals surface area contributed by atoms with Gasteiger partial charge in [-0.1, -0.05) is 41.9 Å². The minimum absolute atomic E-state index is 0.0536. The fourth-order valence-corrected chi connectivity index (χ4v) is 2.72. The van der Waals surface area contributed by atoms with E-state index >= 15 is 0 Å². The van der Waals surface area contributed by atoms with Crippen LogP contribution < -0.4 is 5.32 Å². The predicted molar refractivity (Wildman–Crippen MR) is 80.7 cm³/mol. The molecule has 114 valence electrons. The van der Waals surface area contributed by atoms with Gasteiger partial charge in [-0.15, -0.1) is 0 Å². The van der Waals surface area contributed by atoms with E-state index in [1.165, 1.54) is 0 Å². The van der Waals surface area contributed by atoms with E-state index in [1.54, 1.807) is 0 Å². The second-order valence-corrected chi connectivity index (χ2v) is 5.85. The summed E-state index contributed by atoms with van der Waals surface area (Å²) >= 11 is 5.85. The molecule has 0 radical (unpaired) electrons. The number of hydrogen-bond donors (Lipinski definition) is 1. The van der Waals surface area contributed by atoms with E-state index < -0.39 is 17.5 Å². The third-order valence-electron chi connectivity index (χ3n) is 3.79. The van der Waals surface area contributed by atoms with E-state index in [0.29, 0.717) is 5.92 Å². The molecule has 0 aliphatic heterocycles. The lowest BCUT2D eigenvalue weighted by molar-refractivity contribution is 0.0931. The molecule has 1 N–H and O–H groups in total. The Morgan fingerprint density at radius 1 is 1.14 bits per heavy atom. The normalized spacial score (nSPS) is 15.4. The van der Waals surface area contributed by atoms with Crippen molar-refractivity contribution in [3.05, 3.63) is 70.2 Å². The summed E-state index contributed by atoms with van der Waals surface area (Å²) in [4.78, 5) is 12.4. The van der Waals surface area contributed by atoms with Gasteiger partial charge in [0, 0.05) is 0 Å². The summed E-state index contributed by atoms with van der Waals surface area (Å²) in [5.41, 5.74) is 0.944. The molecule has 5 heteroatoms. The second-order valence-electron chi connectivity index (χ2n) is 5.45. The molecule has 1 fully saturated rings. The Hall–Kier alpha value is -1.94. The Labute approximate surface area is 132 Å². The molecule has 1 saturated carbocycles. The zero-order valence-corrected chi connectivity index (χ0v) is 12.4. The van der Waals surface area contributed by atoms with Gasteiger partial charge in [-0.05, 0) is 36.5 Å². The number of halogens is 3. The van der Waals surface area contributed by atoms with Crippen LogP contribution in [0.4, 0.5) is 8.78 Å². The van der Waals surface area contributed by atoms with Crippen LogP contribution in [0, 0.1) is 17.6 Å². The third-order valence-corrected chi connectivity index (χ3v) is 4.11. The average molecular weight is 322 g/mol. The first kappa shape index (κ1) is 15.0. The van der Waals surface area contributed by atoms with Crippen molar-refractivity contribution >= 4 is 17.5 Å². The summed E-state index contributed by atoms with van der Waals surface area (Å²) < 4.78 is 26.4. The predicted octanol–water partition coefficient (Wildman–Crippen LogP) is 4.50. The Bertz CT molecular complexity index is 701. The van der Waals surface area contributed by atoms with Crippen molar-refractivity contribution in [1.82, 2.24) is 5.32 Å². The molecule has 1 aliphatic carbocycles. The van der Waals surface area contributed by atoms with E-state index in [4.69, 9.17) is 11.6 Å². The van der Waals surface area contributed by atoms with Gasteiger partial charge in [0.25, 0.3) is 5.91 Å². The highest BCUT2D eigenvalue weighted by molar-refractivity contribution is 6.33. The molecule has 0 saturated heterocycles. The van der Waals surface area contributed by atoms with Crippen molar-refractivity contribution < 1.29 is 13.6 Å². The Balaban J connectivity index is 1.85. The maximum atomic E-state index is 13.3. The molecule has 0 aromatic heterocycles. The molecular weight excluding hydrogens is 308 g/mol. The molecule has 22 heavy (non-hydrogen) atoms. The zero-order chi connectivity index (χ0) is 15.7. The van der Waals surface area contributed by atoms with Crippen molar-refractivity contribution in [2.24, 2.45) is 5.92 Å². The molecule has 2 aromatic carbocycles. The molecule has 0 bridgehead atoms. The van der Waals surface area contributed by atoms with Gasteiger partial charge >= 0.3 is 0 Å². The van der Waals surface area contributed by atoms with E-state index in [0.717, 1.165) is 30.5 Å². The summed E-state index contributed by atoms with van der Waals surface area (Å²) in [7, 11) is 0. The van der Waals surface area contributed by atoms with Crippen molar-refractivity contribution in [2.75, 3.05) is 0 Å². The Morgan fingerprint density at radius 2 is 1.77 bits per heavy atom. The molecule has 1 unspecified atom stereocenters. The van der Waals surface area contributed by atoms with E-state index in [-0.39, 0.29) is 16.6 Å². The maximum absolute atomic E-state index is 13.3. The SMILES string of the molecule is O=C(NC(c1ccccc1)C1CC1)c1cc(F)c(F)cc1Cl. The number of carbonyl (C=O) groups excluding carboxylic acids is 1. The lowest BCUT2D eigenvalue weighted by atomic mass is 10.0. The van der Waals surface area contributed by atoms with Crippen LogP contribution >= 0.6 is 11.6 Å². The minimum Gasteiger partial charge on any atom is -0.345 e. The summed E-state index contributed by atoms with van der Waals surface area (Å²) in [5, 5.41) is 2.79. The number of nitrogens with one attached hydrogen (secondary N) is 1. The van der Waals surface area contributed by atoms with E-state index in [1.807, 2.05) is 30.3 Å². The van der Waals surface area contributed by atoms with Gasteiger partial charge in [-0.3, -0.25) is 4.79 Å². The summed E-state index contributed by atoms with van der Waals surface area (Å²) in [5.74, 6) is -2.28. The maximum Gasteiger partial charge on any atom is 0.253 e. The molecular formula is C17H14ClF2NO. The smallest absolute Gasteiger partial charge is 0.253 e. The standard InChI is InChI=1S/C17H14ClF2NO/c18-13-9-15(20)14(19)8-12(13)17(22)21-16(11-6-7-11)10-4-2-1-3-5-10/h1-5,8-9,11,16H,6-7H2,(H,21,22). The highest BCUT2D eigenvalue weighted by Gasteiger charge is 2.33. The molecule has 2 aromatic rings. The van der Waals surface area contributed by atoms with Crippen LogP contribution in [0.1, 0.15) is 34.8 Å². The quantitative estimate of drug-likeness (QED) is 0.825. The number of hydrogen-bond acceptors (Lipinski definition) is 1. The molecule has 0 heterocycles. The average Bonchev–Trinajstić information content (AvgIpc) is 3.34. The fraction of sp³-hybridized carbons (Fsp3) is 0.235. The fourth-order valence-electron chi connectivity index (χ4n) is 2.48. The molecule has 1 amide bonds. The first-order chi connectivity index (χ1) is 10.6. The van der Waals surface area contributed by atoms with Gasteiger partial charge in [-0.2, -0.15) is 0 Å². The first-order valence-corrected chi connectivity index (χ1v) is 7.44. The number of amides is 1. The minimum atomic E-state index is -1.09. The van der Waals surface area contributed by atoms with Crippen LogP contribution in [0.15, 0.2) is 42.5 Å². The van der Waals surface area contributed by atoms with Crippen LogP contribution in [0.5, 0.6) is 0 Å². The number of carbonyl (C=O) groups is 1. The molecule has 3 rings (SSSR count). The molecule has 1 aliphatic rings. The highest BCUT2D eigenvalue weighted by atomic mass is 35.5. The highest BCUT2D eigenvalue weighted by Crippen LogP contribution is 2.41. The molecule has 2 nitrogen and oxygen atoms in total. The van der Waals surface area contributed by atoms with Gasteiger partial charge in [-0.25, -0.2) is 8.78 Å². The van der Waals surface area contributed by atoms with Crippen molar-refractivity contribution in [3.8, 4) is 0 Å². The largest absolute Gasteiger partial charge is 0.345 e. The van der Waals surface area contributed by atoms with Crippen LogP contribution in [0.3, 0.4) is 0 Å². The Morgan fingerprint density at radius 3 is 2.41 bits per heavy atom. The topological polar surface area (TPSA) is 29.1 Å². The van der Waals surface area contributed by atoms with Crippen molar-refractivity contribution in [3.63, 3.8) is 0 Å². The van der Waals surface area contributed by atoms with Crippen molar-refractivity contribution in [1.29, 1.82) is 0 Å². The van der Waals surface area contributed by atoms with Gasteiger partial charge in [0.05, 0.1) is 16.6 Å². The second kappa shape index (κ2) is 6.05. The van der Waals surface area contributed by atoms with Gasteiger partial charge in [0.1, 0.15) is 0 Å². The zero-order valence-electron chi connectivity index (χ0n) is 11.7. The number of rotatable bonds is 4. The summed E-state index contributed by atoms with van der Waals surface area (Å²) in [6.45, 7) is 0. The summed E-state index contributed by atoms with van der Waals surface area (Å²) in [6, 6.07) is 11.1. The van der Waals surface area contributed by atoms with E-state index in [2.05, 4.69) is 5.32 Å².